The Kier molecular flexibility index (Phi) is 4.54. The first-order valence-corrected chi connectivity index (χ1v) is 8.62. The summed E-state index contributed by atoms with van der Waals surface area (Å²) in [6, 6.07) is 0. The first-order valence-electron chi connectivity index (χ1n) is 7.01. The molecule has 3 heterocycles. The number of aliphatic hydroxyl groups is 2. The summed E-state index contributed by atoms with van der Waals surface area (Å²) in [5, 5.41) is 20.3. The number of nitrogens with two attached hydrogens (primary N) is 1. The maximum atomic E-state index is 11.8. The van der Waals surface area contributed by atoms with Crippen molar-refractivity contribution in [2.24, 2.45) is 0 Å². The molecule has 1 aliphatic rings. The van der Waals surface area contributed by atoms with Crippen LogP contribution in [0.5, 0.6) is 0 Å². The molecule has 0 aromatic carbocycles. The number of aromatic nitrogens is 4. The van der Waals surface area contributed by atoms with Crippen LogP contribution in [-0.2, 0) is 9.26 Å². The van der Waals surface area contributed by atoms with Gasteiger partial charge in [0.25, 0.3) is 13.1 Å². The van der Waals surface area contributed by atoms with Gasteiger partial charge in [-0.05, 0) is 0 Å². The van der Waals surface area contributed by atoms with Gasteiger partial charge in [-0.25, -0.2) is 4.98 Å². The lowest BCUT2D eigenvalue weighted by atomic mass is 10.1. The number of ether oxygens (including phenoxy) is 1. The summed E-state index contributed by atoms with van der Waals surface area (Å²) >= 11 is 0. The third-order valence-electron chi connectivity index (χ3n) is 3.69. The predicted octanol–water partition coefficient (Wildman–Crippen LogP) is -2.33. The van der Waals surface area contributed by atoms with Crippen LogP contribution in [-0.4, -0.2) is 69.9 Å². The smallest absolute Gasteiger partial charge is 0.298 e. The normalized spacial score (nSPS) is 26.9. The highest BCUT2D eigenvalue weighted by Crippen LogP contribution is 2.38. The monoisotopic (exact) mass is 373 g/mol. The van der Waals surface area contributed by atoms with Gasteiger partial charge in [0.2, 0.25) is 5.95 Å². The number of hydrogen-bond acceptors (Lipinski definition) is 10. The molecule has 0 aliphatic carbocycles. The van der Waals surface area contributed by atoms with E-state index in [-0.39, 0.29) is 17.1 Å². The zero-order valence-electron chi connectivity index (χ0n) is 12.7. The number of nitrogens with zero attached hydrogens (tertiary/aromatic N) is 3. The van der Waals surface area contributed by atoms with Crippen molar-refractivity contribution >= 4 is 30.1 Å². The van der Waals surface area contributed by atoms with Gasteiger partial charge >= 0.3 is 0 Å². The first-order chi connectivity index (χ1) is 11.7. The molecule has 1 saturated heterocycles. The second kappa shape index (κ2) is 6.37. The van der Waals surface area contributed by atoms with Crippen molar-refractivity contribution in [3.8, 4) is 0 Å². The number of nitrogen functional groups attached to an aromatic ring is 1. The number of aliphatic hydroxyl groups excluding tert-OH is 2. The summed E-state index contributed by atoms with van der Waals surface area (Å²) in [7, 11) is -3.88. The third-order valence-corrected chi connectivity index (χ3v) is 4.61. The molecule has 1 fully saturated rings. The SMILES string of the molecule is C=C=P(O)(O)OC[C@H]1O[C@@H](n2cnc3c(=O)[nH]c(N)nc32)C(O)C1O. The Bertz CT molecular complexity index is 930. The lowest BCUT2D eigenvalue weighted by Gasteiger charge is -2.17. The highest BCUT2D eigenvalue weighted by atomic mass is 31.2. The number of anilines is 1. The molecule has 2 aromatic heterocycles. The van der Waals surface area contributed by atoms with Gasteiger partial charge in [0, 0.05) is 0 Å². The maximum absolute atomic E-state index is 11.8. The lowest BCUT2D eigenvalue weighted by molar-refractivity contribution is -0.0487. The van der Waals surface area contributed by atoms with Gasteiger partial charge in [-0.1, -0.05) is 12.0 Å². The summed E-state index contributed by atoms with van der Waals surface area (Å²) in [6.45, 7) is 2.67. The van der Waals surface area contributed by atoms with E-state index in [1.807, 2.05) is 5.45 Å². The molecule has 4 atom stereocenters. The number of H-pyrrole nitrogens is 1. The number of fused-ring (bicyclic) bond motifs is 1. The van der Waals surface area contributed by atoms with Crippen molar-refractivity contribution in [3.05, 3.63) is 23.3 Å². The van der Waals surface area contributed by atoms with Crippen LogP contribution in [0.4, 0.5) is 5.95 Å². The highest BCUT2D eigenvalue weighted by Gasteiger charge is 2.45. The second-order valence-corrected chi connectivity index (χ2v) is 6.98. The van der Waals surface area contributed by atoms with Crippen molar-refractivity contribution in [3.63, 3.8) is 0 Å². The highest BCUT2D eigenvalue weighted by molar-refractivity contribution is 7.58. The van der Waals surface area contributed by atoms with Crippen LogP contribution < -0.4 is 11.3 Å². The molecule has 3 rings (SSSR count). The zero-order chi connectivity index (χ0) is 18.4. The average molecular weight is 373 g/mol. The van der Waals surface area contributed by atoms with E-state index < -0.39 is 44.3 Å². The predicted molar refractivity (Wildman–Crippen MR) is 86.4 cm³/mol. The minimum atomic E-state index is -3.88. The van der Waals surface area contributed by atoms with Gasteiger partial charge in [-0.3, -0.25) is 14.3 Å². The fourth-order valence-electron chi connectivity index (χ4n) is 2.45. The molecular formula is C12H16N5O7P. The summed E-state index contributed by atoms with van der Waals surface area (Å²) in [5.74, 6) is -0.149. The van der Waals surface area contributed by atoms with Crippen molar-refractivity contribution in [2.75, 3.05) is 12.3 Å². The fraction of sp³-hybridized carbons (Fsp3) is 0.417. The molecule has 0 amide bonds. The van der Waals surface area contributed by atoms with E-state index in [1.54, 1.807) is 0 Å². The molecule has 2 unspecified atom stereocenters. The number of aromatic amines is 1. The molecule has 12 nitrogen and oxygen atoms in total. The molecule has 0 saturated carbocycles. The van der Waals surface area contributed by atoms with E-state index >= 15 is 0 Å². The largest absolute Gasteiger partial charge is 0.387 e. The number of imidazole rings is 1. The number of hydrogen-bond donors (Lipinski definition) is 6. The fourth-order valence-corrected chi connectivity index (χ4v) is 2.90. The molecule has 25 heavy (non-hydrogen) atoms. The minimum absolute atomic E-state index is 0.0175. The molecule has 1 aliphatic heterocycles. The molecule has 0 radical (unpaired) electrons. The molecule has 0 bridgehead atoms. The second-order valence-electron chi connectivity index (χ2n) is 5.32. The summed E-state index contributed by atoms with van der Waals surface area (Å²) in [5.41, 5.74) is 6.92. The van der Waals surface area contributed by atoms with E-state index in [9.17, 15) is 24.8 Å². The molecule has 0 spiro atoms. The Morgan fingerprint density at radius 1 is 1.48 bits per heavy atom. The summed E-state index contributed by atoms with van der Waals surface area (Å²) in [6.07, 6.45) is -3.81. The standard InChI is InChI=1S/C12H16N5O7P/c1-2-25(21,22)23-3-5-7(18)8(19)11(24-5)17-4-14-6-9(17)15-12(13)16-10(6)20/h4-5,7-8,11,18-19,21-22H,1,3H2,(H3,13,15,16,20)/t5-,7?,8?,11-/m1/s1. The van der Waals surface area contributed by atoms with Crippen LogP contribution in [0.25, 0.3) is 11.2 Å². The van der Waals surface area contributed by atoms with Crippen LogP contribution in [0.3, 0.4) is 0 Å². The molecule has 136 valence electrons. The van der Waals surface area contributed by atoms with Crippen molar-refractivity contribution in [1.29, 1.82) is 0 Å². The van der Waals surface area contributed by atoms with Crippen molar-refractivity contribution in [2.45, 2.75) is 24.5 Å². The molecular weight excluding hydrogens is 357 g/mol. The number of rotatable bonds is 4. The Morgan fingerprint density at radius 2 is 2.20 bits per heavy atom. The first kappa shape index (κ1) is 17.8. The maximum Gasteiger partial charge on any atom is 0.298 e. The quantitative estimate of drug-likeness (QED) is 0.317. The van der Waals surface area contributed by atoms with Crippen LogP contribution in [0.1, 0.15) is 6.23 Å². The summed E-state index contributed by atoms with van der Waals surface area (Å²) in [4.78, 5) is 40.7. The van der Waals surface area contributed by atoms with E-state index in [1.165, 1.54) is 10.9 Å². The average Bonchev–Trinajstić information content (AvgIpc) is 3.08. The third kappa shape index (κ3) is 3.25. The van der Waals surface area contributed by atoms with Gasteiger partial charge in [-0.2, -0.15) is 4.98 Å². The van der Waals surface area contributed by atoms with Gasteiger partial charge in [0.1, 0.15) is 18.3 Å². The molecule has 7 N–H and O–H groups in total. The number of nitrogens with one attached hydrogen (secondary N) is 1. The van der Waals surface area contributed by atoms with Crippen molar-refractivity contribution < 1.29 is 29.3 Å². The van der Waals surface area contributed by atoms with E-state index in [0.29, 0.717) is 0 Å². The lowest BCUT2D eigenvalue weighted by Crippen LogP contribution is -2.33. The van der Waals surface area contributed by atoms with Crippen molar-refractivity contribution in [1.82, 2.24) is 19.5 Å². The van der Waals surface area contributed by atoms with Crippen LogP contribution in [0.2, 0.25) is 0 Å². The van der Waals surface area contributed by atoms with E-state index in [4.69, 9.17) is 15.0 Å². The Hall–Kier alpha value is -2.01. The Morgan fingerprint density at radius 3 is 2.88 bits per heavy atom. The Labute approximate surface area is 140 Å². The zero-order valence-corrected chi connectivity index (χ0v) is 13.6. The van der Waals surface area contributed by atoms with Gasteiger partial charge in [-0.15, -0.1) is 0 Å². The topological polar surface area (TPSA) is 189 Å². The summed E-state index contributed by atoms with van der Waals surface area (Å²) < 4.78 is 11.6. The minimum Gasteiger partial charge on any atom is -0.387 e. The van der Waals surface area contributed by atoms with E-state index in [0.717, 1.165) is 0 Å². The van der Waals surface area contributed by atoms with Crippen LogP contribution in [0, 0.1) is 0 Å². The molecule has 2 aromatic rings. The van der Waals surface area contributed by atoms with Gasteiger partial charge in [0.15, 0.2) is 17.4 Å². The van der Waals surface area contributed by atoms with E-state index in [2.05, 4.69) is 21.5 Å². The van der Waals surface area contributed by atoms with Gasteiger partial charge < -0.3 is 35.0 Å². The van der Waals surface area contributed by atoms with Gasteiger partial charge in [0.05, 0.1) is 12.9 Å². The molecule has 13 heteroatoms. The Balaban J connectivity index is 1.89. The van der Waals surface area contributed by atoms with Crippen LogP contribution in [0.15, 0.2) is 17.7 Å². The van der Waals surface area contributed by atoms with Crippen LogP contribution >= 0.6 is 7.57 Å².